The number of aliphatic hydroxyl groups is 2. The Morgan fingerprint density at radius 1 is 1.47 bits per heavy atom. The SMILES string of the molecule is O=C(O)C1CCCC(NCC(O)CO)C1. The van der Waals surface area contributed by atoms with E-state index < -0.39 is 12.1 Å². The molecular formula is C10H19NO4. The number of carboxylic acids is 1. The molecule has 1 aliphatic rings. The first-order chi connectivity index (χ1) is 7.13. The monoisotopic (exact) mass is 217 g/mol. The van der Waals surface area contributed by atoms with Gasteiger partial charge in [-0.05, 0) is 19.3 Å². The van der Waals surface area contributed by atoms with E-state index in [-0.39, 0.29) is 18.6 Å². The molecule has 1 aliphatic carbocycles. The molecule has 0 bridgehead atoms. The van der Waals surface area contributed by atoms with Crippen LogP contribution in [0.1, 0.15) is 25.7 Å². The molecule has 1 rings (SSSR count). The predicted molar refractivity (Wildman–Crippen MR) is 54.5 cm³/mol. The van der Waals surface area contributed by atoms with Crippen LogP contribution in [0.15, 0.2) is 0 Å². The summed E-state index contributed by atoms with van der Waals surface area (Å²) in [5.74, 6) is -0.994. The summed E-state index contributed by atoms with van der Waals surface area (Å²) in [7, 11) is 0. The first-order valence-electron chi connectivity index (χ1n) is 5.38. The quantitative estimate of drug-likeness (QED) is 0.502. The van der Waals surface area contributed by atoms with Crippen LogP contribution < -0.4 is 5.32 Å². The summed E-state index contributed by atoms with van der Waals surface area (Å²) in [6.07, 6.45) is 2.46. The second kappa shape index (κ2) is 6.05. The molecule has 3 atom stereocenters. The lowest BCUT2D eigenvalue weighted by Crippen LogP contribution is -2.41. The fourth-order valence-electron chi connectivity index (χ4n) is 1.97. The van der Waals surface area contributed by atoms with Crippen LogP contribution >= 0.6 is 0 Å². The van der Waals surface area contributed by atoms with Gasteiger partial charge in [0.15, 0.2) is 0 Å². The largest absolute Gasteiger partial charge is 0.481 e. The number of hydrogen-bond acceptors (Lipinski definition) is 4. The molecule has 0 aromatic carbocycles. The fraction of sp³-hybridized carbons (Fsp3) is 0.900. The zero-order chi connectivity index (χ0) is 11.3. The van der Waals surface area contributed by atoms with Crippen molar-refractivity contribution in [3.8, 4) is 0 Å². The fourth-order valence-corrected chi connectivity index (χ4v) is 1.97. The molecule has 0 heterocycles. The van der Waals surface area contributed by atoms with Gasteiger partial charge in [-0.3, -0.25) is 4.79 Å². The summed E-state index contributed by atoms with van der Waals surface area (Å²) in [4.78, 5) is 10.8. The lowest BCUT2D eigenvalue weighted by Gasteiger charge is -2.28. The molecule has 0 aromatic heterocycles. The third-order valence-corrected chi connectivity index (χ3v) is 2.88. The molecule has 1 saturated carbocycles. The van der Waals surface area contributed by atoms with Gasteiger partial charge in [0.1, 0.15) is 0 Å². The molecule has 0 aromatic rings. The van der Waals surface area contributed by atoms with Crippen LogP contribution in [0.5, 0.6) is 0 Å². The van der Waals surface area contributed by atoms with Crippen LogP contribution in [-0.2, 0) is 4.79 Å². The van der Waals surface area contributed by atoms with E-state index in [9.17, 15) is 4.79 Å². The molecule has 0 aliphatic heterocycles. The van der Waals surface area contributed by atoms with Crippen molar-refractivity contribution in [2.24, 2.45) is 5.92 Å². The zero-order valence-electron chi connectivity index (χ0n) is 8.72. The number of aliphatic hydroxyl groups excluding tert-OH is 2. The minimum atomic E-state index is -0.754. The Bertz CT molecular complexity index is 210. The first kappa shape index (κ1) is 12.4. The van der Waals surface area contributed by atoms with Crippen molar-refractivity contribution in [2.75, 3.05) is 13.2 Å². The van der Waals surface area contributed by atoms with Crippen LogP contribution in [0.25, 0.3) is 0 Å². The molecule has 88 valence electrons. The van der Waals surface area contributed by atoms with Gasteiger partial charge >= 0.3 is 5.97 Å². The second-order valence-corrected chi connectivity index (χ2v) is 4.14. The van der Waals surface area contributed by atoms with Crippen LogP contribution in [-0.4, -0.2) is 46.6 Å². The highest BCUT2D eigenvalue weighted by Gasteiger charge is 2.26. The summed E-state index contributed by atoms with van der Waals surface area (Å²) in [5.41, 5.74) is 0. The predicted octanol–water partition coefficient (Wildman–Crippen LogP) is -0.427. The van der Waals surface area contributed by atoms with Crippen molar-refractivity contribution in [1.82, 2.24) is 5.32 Å². The van der Waals surface area contributed by atoms with E-state index in [0.717, 1.165) is 19.3 Å². The molecule has 0 spiro atoms. The van der Waals surface area contributed by atoms with Gasteiger partial charge in [0.05, 0.1) is 18.6 Å². The highest BCUT2D eigenvalue weighted by molar-refractivity contribution is 5.70. The van der Waals surface area contributed by atoms with Gasteiger partial charge in [-0.2, -0.15) is 0 Å². The first-order valence-corrected chi connectivity index (χ1v) is 5.38. The van der Waals surface area contributed by atoms with Crippen molar-refractivity contribution < 1.29 is 20.1 Å². The van der Waals surface area contributed by atoms with E-state index in [4.69, 9.17) is 15.3 Å². The molecular weight excluding hydrogens is 198 g/mol. The normalized spacial score (nSPS) is 28.7. The van der Waals surface area contributed by atoms with Gasteiger partial charge in [0.2, 0.25) is 0 Å². The van der Waals surface area contributed by atoms with Crippen LogP contribution in [0.2, 0.25) is 0 Å². The maximum atomic E-state index is 10.8. The minimum Gasteiger partial charge on any atom is -0.481 e. The average Bonchev–Trinajstić information content (AvgIpc) is 2.26. The lowest BCUT2D eigenvalue weighted by atomic mass is 9.86. The molecule has 3 unspecified atom stereocenters. The minimum absolute atomic E-state index is 0.154. The average molecular weight is 217 g/mol. The number of aliphatic carboxylic acids is 1. The van der Waals surface area contributed by atoms with E-state index in [1.807, 2.05) is 0 Å². The third kappa shape index (κ3) is 4.15. The van der Waals surface area contributed by atoms with Gasteiger partial charge in [0, 0.05) is 12.6 Å². The number of carboxylic acid groups (broad SMARTS) is 1. The molecule has 4 N–H and O–H groups in total. The van der Waals surface area contributed by atoms with Crippen LogP contribution in [0.4, 0.5) is 0 Å². The van der Waals surface area contributed by atoms with Crippen molar-refractivity contribution in [3.05, 3.63) is 0 Å². The Hall–Kier alpha value is -0.650. The maximum Gasteiger partial charge on any atom is 0.306 e. The number of rotatable bonds is 5. The van der Waals surface area contributed by atoms with E-state index in [1.165, 1.54) is 0 Å². The zero-order valence-corrected chi connectivity index (χ0v) is 8.72. The Morgan fingerprint density at radius 3 is 2.80 bits per heavy atom. The summed E-state index contributed by atoms with van der Waals surface area (Å²) in [6.45, 7) is 0.0651. The molecule has 0 amide bonds. The van der Waals surface area contributed by atoms with Gasteiger partial charge in [-0.25, -0.2) is 0 Å². The standard InChI is InChI=1S/C10H19NO4/c12-6-9(13)5-11-8-3-1-2-7(4-8)10(14)15/h7-9,11-13H,1-6H2,(H,14,15). The topological polar surface area (TPSA) is 89.8 Å². The van der Waals surface area contributed by atoms with Gasteiger partial charge < -0.3 is 20.6 Å². The van der Waals surface area contributed by atoms with Crippen molar-refractivity contribution in [1.29, 1.82) is 0 Å². The van der Waals surface area contributed by atoms with Gasteiger partial charge in [0.25, 0.3) is 0 Å². The number of hydrogen-bond donors (Lipinski definition) is 4. The summed E-state index contributed by atoms with van der Waals surface area (Å²) < 4.78 is 0. The van der Waals surface area contributed by atoms with E-state index in [1.54, 1.807) is 0 Å². The highest BCUT2D eigenvalue weighted by Crippen LogP contribution is 2.24. The molecule has 5 heteroatoms. The van der Waals surface area contributed by atoms with Crippen LogP contribution in [0.3, 0.4) is 0 Å². The summed E-state index contributed by atoms with van der Waals surface area (Å²) >= 11 is 0. The molecule has 5 nitrogen and oxygen atoms in total. The molecule has 1 fully saturated rings. The summed E-state index contributed by atoms with van der Waals surface area (Å²) in [5, 5.41) is 29.7. The third-order valence-electron chi connectivity index (χ3n) is 2.88. The summed E-state index contributed by atoms with van der Waals surface area (Å²) in [6, 6.07) is 0.154. The lowest BCUT2D eigenvalue weighted by molar-refractivity contribution is -0.143. The van der Waals surface area contributed by atoms with E-state index in [0.29, 0.717) is 13.0 Å². The van der Waals surface area contributed by atoms with Crippen molar-refractivity contribution >= 4 is 5.97 Å². The van der Waals surface area contributed by atoms with Crippen molar-refractivity contribution in [3.63, 3.8) is 0 Å². The number of nitrogens with one attached hydrogen (secondary N) is 1. The van der Waals surface area contributed by atoms with Crippen molar-refractivity contribution in [2.45, 2.75) is 37.8 Å². The Morgan fingerprint density at radius 2 is 2.20 bits per heavy atom. The Balaban J connectivity index is 2.27. The maximum absolute atomic E-state index is 10.8. The molecule has 0 saturated heterocycles. The van der Waals surface area contributed by atoms with E-state index in [2.05, 4.69) is 5.32 Å². The molecule has 15 heavy (non-hydrogen) atoms. The highest BCUT2D eigenvalue weighted by atomic mass is 16.4. The Kier molecular flexibility index (Phi) is 5.01. The van der Waals surface area contributed by atoms with Gasteiger partial charge in [-0.15, -0.1) is 0 Å². The van der Waals surface area contributed by atoms with E-state index >= 15 is 0 Å². The van der Waals surface area contributed by atoms with Crippen LogP contribution in [0, 0.1) is 5.92 Å². The van der Waals surface area contributed by atoms with Gasteiger partial charge in [-0.1, -0.05) is 6.42 Å². The number of carbonyl (C=O) groups is 1. The Labute approximate surface area is 89.1 Å². The molecule has 0 radical (unpaired) electrons. The second-order valence-electron chi connectivity index (χ2n) is 4.14. The smallest absolute Gasteiger partial charge is 0.306 e.